The molecule has 0 spiro atoms. The minimum Gasteiger partial charge on any atom is -0.386 e. The smallest absolute Gasteiger partial charge is 0.106 e. The van der Waals surface area contributed by atoms with Gasteiger partial charge in [0.1, 0.15) is 6.10 Å². The zero-order chi connectivity index (χ0) is 12.3. The van der Waals surface area contributed by atoms with Gasteiger partial charge in [0, 0.05) is 17.0 Å². The maximum Gasteiger partial charge on any atom is 0.106 e. The van der Waals surface area contributed by atoms with E-state index in [0.29, 0.717) is 5.75 Å². The fraction of sp³-hybridized carbons (Fsp3) is 0.727. The van der Waals surface area contributed by atoms with Crippen LogP contribution in [-0.2, 0) is 6.54 Å². The van der Waals surface area contributed by atoms with Crippen LogP contribution < -0.4 is 0 Å². The Hall–Kier alpha value is -0.0000000000000000555. The van der Waals surface area contributed by atoms with Crippen molar-refractivity contribution in [3.8, 4) is 0 Å². The number of aliphatic hydroxyl groups excluding tert-OH is 1. The molecule has 3 nitrogen and oxygen atoms in total. The Bertz CT molecular complexity index is 346. The normalized spacial score (nSPS) is 14.1. The number of thioether (sulfide) groups is 1. The lowest BCUT2D eigenvalue weighted by Gasteiger charge is -2.20. The molecule has 0 amide bonds. The van der Waals surface area contributed by atoms with Crippen molar-refractivity contribution in [1.82, 2.24) is 9.78 Å². The Balaban J connectivity index is 2.72. The van der Waals surface area contributed by atoms with E-state index in [1.165, 1.54) is 0 Å². The van der Waals surface area contributed by atoms with Gasteiger partial charge in [-0.15, -0.1) is 0 Å². The van der Waals surface area contributed by atoms with Crippen molar-refractivity contribution in [2.75, 3.05) is 5.75 Å². The molecule has 1 unspecified atom stereocenters. The van der Waals surface area contributed by atoms with Gasteiger partial charge in [-0.05, 0) is 22.9 Å². The van der Waals surface area contributed by atoms with Crippen LogP contribution in [0.2, 0.25) is 0 Å². The summed E-state index contributed by atoms with van der Waals surface area (Å²) in [4.78, 5) is 0. The van der Waals surface area contributed by atoms with Crippen molar-refractivity contribution in [3.63, 3.8) is 0 Å². The molecule has 1 rings (SSSR count). The van der Waals surface area contributed by atoms with Crippen molar-refractivity contribution in [2.45, 2.75) is 45.1 Å². The standard InChI is InChI=1S/C11H19BrN2OS/c1-5-14-10(8(12)6-13-14)9(15)7-16-11(2,3)4/h6,9,15H,5,7H2,1-4H3. The van der Waals surface area contributed by atoms with E-state index in [4.69, 9.17) is 0 Å². The zero-order valence-electron chi connectivity index (χ0n) is 10.2. The predicted octanol–water partition coefficient (Wildman–Crippen LogP) is 3.23. The van der Waals surface area contributed by atoms with E-state index < -0.39 is 6.10 Å². The van der Waals surface area contributed by atoms with Crippen LogP contribution >= 0.6 is 27.7 Å². The van der Waals surface area contributed by atoms with Crippen molar-refractivity contribution in [2.24, 2.45) is 0 Å². The first-order valence-electron chi connectivity index (χ1n) is 5.38. The maximum absolute atomic E-state index is 10.2. The molecule has 1 aromatic rings. The van der Waals surface area contributed by atoms with E-state index in [1.54, 1.807) is 18.0 Å². The van der Waals surface area contributed by atoms with Gasteiger partial charge < -0.3 is 5.11 Å². The number of hydrogen-bond donors (Lipinski definition) is 1. The van der Waals surface area contributed by atoms with E-state index in [1.807, 2.05) is 11.6 Å². The second kappa shape index (κ2) is 5.56. The van der Waals surface area contributed by atoms with Crippen molar-refractivity contribution < 1.29 is 5.11 Å². The molecule has 92 valence electrons. The Morgan fingerprint density at radius 3 is 2.69 bits per heavy atom. The average Bonchev–Trinajstić information content (AvgIpc) is 2.55. The van der Waals surface area contributed by atoms with Gasteiger partial charge in [0.05, 0.1) is 16.4 Å². The van der Waals surface area contributed by atoms with Crippen LogP contribution in [0.1, 0.15) is 39.5 Å². The maximum atomic E-state index is 10.2. The van der Waals surface area contributed by atoms with Gasteiger partial charge in [-0.25, -0.2) is 0 Å². The summed E-state index contributed by atoms with van der Waals surface area (Å²) in [6.45, 7) is 9.24. The number of nitrogens with zero attached hydrogens (tertiary/aromatic N) is 2. The Labute approximate surface area is 110 Å². The van der Waals surface area contributed by atoms with Gasteiger partial charge in [-0.3, -0.25) is 4.68 Å². The lowest BCUT2D eigenvalue weighted by atomic mass is 10.2. The number of hydrogen-bond acceptors (Lipinski definition) is 3. The third kappa shape index (κ3) is 3.79. The number of aryl methyl sites for hydroxylation is 1. The molecule has 0 aromatic carbocycles. The lowest BCUT2D eigenvalue weighted by Crippen LogP contribution is -2.15. The van der Waals surface area contributed by atoms with E-state index in [9.17, 15) is 5.11 Å². The number of aliphatic hydroxyl groups is 1. The highest BCUT2D eigenvalue weighted by atomic mass is 79.9. The van der Waals surface area contributed by atoms with E-state index in [-0.39, 0.29) is 4.75 Å². The van der Waals surface area contributed by atoms with Gasteiger partial charge in [0.25, 0.3) is 0 Å². The monoisotopic (exact) mass is 306 g/mol. The molecular formula is C11H19BrN2OS. The summed E-state index contributed by atoms with van der Waals surface area (Å²) in [6, 6.07) is 0. The summed E-state index contributed by atoms with van der Waals surface area (Å²) in [7, 11) is 0. The summed E-state index contributed by atoms with van der Waals surface area (Å²) in [5.74, 6) is 0.688. The van der Waals surface area contributed by atoms with Crippen LogP contribution in [0.25, 0.3) is 0 Å². The summed E-state index contributed by atoms with van der Waals surface area (Å²) in [6.07, 6.45) is 1.27. The minimum absolute atomic E-state index is 0.171. The first-order valence-corrected chi connectivity index (χ1v) is 7.16. The van der Waals surface area contributed by atoms with Crippen LogP contribution in [0, 0.1) is 0 Å². The van der Waals surface area contributed by atoms with Crippen LogP contribution in [0.15, 0.2) is 10.7 Å². The molecule has 1 heterocycles. The number of rotatable bonds is 4. The fourth-order valence-corrected chi connectivity index (χ4v) is 2.74. The second-order valence-corrected chi connectivity index (χ2v) is 7.33. The molecule has 0 aliphatic carbocycles. The molecule has 0 aliphatic heterocycles. The average molecular weight is 307 g/mol. The van der Waals surface area contributed by atoms with E-state index in [0.717, 1.165) is 16.7 Å². The number of aromatic nitrogens is 2. The van der Waals surface area contributed by atoms with Gasteiger partial charge in [0.2, 0.25) is 0 Å². The Kier molecular flexibility index (Phi) is 4.88. The molecule has 0 aliphatic rings. The highest BCUT2D eigenvalue weighted by Gasteiger charge is 2.20. The molecule has 1 atom stereocenters. The van der Waals surface area contributed by atoms with Crippen molar-refractivity contribution in [3.05, 3.63) is 16.4 Å². The molecule has 0 radical (unpaired) electrons. The second-order valence-electron chi connectivity index (χ2n) is 4.63. The van der Waals surface area contributed by atoms with Gasteiger partial charge >= 0.3 is 0 Å². The van der Waals surface area contributed by atoms with Crippen LogP contribution in [0.3, 0.4) is 0 Å². The molecule has 0 fully saturated rings. The molecule has 0 saturated heterocycles. The largest absolute Gasteiger partial charge is 0.386 e. The highest BCUT2D eigenvalue weighted by Crippen LogP contribution is 2.31. The van der Waals surface area contributed by atoms with E-state index in [2.05, 4.69) is 41.8 Å². The van der Waals surface area contributed by atoms with Gasteiger partial charge in [-0.1, -0.05) is 20.8 Å². The molecule has 0 bridgehead atoms. The molecule has 0 saturated carbocycles. The molecular weight excluding hydrogens is 288 g/mol. The summed E-state index contributed by atoms with van der Waals surface area (Å²) in [5, 5.41) is 14.4. The quantitative estimate of drug-likeness (QED) is 0.928. The van der Waals surface area contributed by atoms with Crippen LogP contribution in [0.4, 0.5) is 0 Å². The third-order valence-electron chi connectivity index (χ3n) is 2.12. The topological polar surface area (TPSA) is 38.0 Å². The van der Waals surface area contributed by atoms with Crippen molar-refractivity contribution >= 4 is 27.7 Å². The lowest BCUT2D eigenvalue weighted by molar-refractivity contribution is 0.191. The molecule has 16 heavy (non-hydrogen) atoms. The van der Waals surface area contributed by atoms with Gasteiger partial charge in [0.15, 0.2) is 0 Å². The van der Waals surface area contributed by atoms with Crippen molar-refractivity contribution in [1.29, 1.82) is 0 Å². The van der Waals surface area contributed by atoms with Crippen LogP contribution in [0.5, 0.6) is 0 Å². The molecule has 1 N–H and O–H groups in total. The SMILES string of the molecule is CCn1ncc(Br)c1C(O)CSC(C)(C)C. The Morgan fingerprint density at radius 1 is 1.56 bits per heavy atom. The number of halogens is 1. The third-order valence-corrected chi connectivity index (χ3v) is 4.08. The zero-order valence-corrected chi connectivity index (χ0v) is 12.6. The van der Waals surface area contributed by atoms with Gasteiger partial charge in [-0.2, -0.15) is 16.9 Å². The van der Waals surface area contributed by atoms with E-state index >= 15 is 0 Å². The minimum atomic E-state index is -0.471. The predicted molar refractivity (Wildman–Crippen MR) is 72.8 cm³/mol. The first-order chi connectivity index (χ1) is 7.35. The molecule has 5 heteroatoms. The first kappa shape index (κ1) is 14.1. The fourth-order valence-electron chi connectivity index (χ4n) is 1.36. The van der Waals surface area contributed by atoms with Crippen LogP contribution in [-0.4, -0.2) is 25.4 Å². The highest BCUT2D eigenvalue weighted by molar-refractivity contribution is 9.10. The summed E-state index contributed by atoms with van der Waals surface area (Å²) >= 11 is 5.18. The Morgan fingerprint density at radius 2 is 2.19 bits per heavy atom. The summed E-state index contributed by atoms with van der Waals surface area (Å²) < 4.78 is 2.89. The molecule has 1 aromatic heterocycles. The summed E-state index contributed by atoms with van der Waals surface area (Å²) in [5.41, 5.74) is 0.874.